The molecule has 2 aromatic rings. The first kappa shape index (κ1) is 20.0. The van der Waals surface area contributed by atoms with Crippen LogP contribution in [-0.2, 0) is 4.74 Å². The van der Waals surface area contributed by atoms with E-state index in [9.17, 15) is 10.1 Å². The van der Waals surface area contributed by atoms with E-state index in [0.717, 1.165) is 62.0 Å². The van der Waals surface area contributed by atoms with Gasteiger partial charge < -0.3 is 9.64 Å². The van der Waals surface area contributed by atoms with Crippen LogP contribution in [0.1, 0.15) is 28.8 Å². The van der Waals surface area contributed by atoms with Crippen LogP contribution in [0, 0.1) is 11.3 Å². The van der Waals surface area contributed by atoms with E-state index < -0.39 is 0 Å². The van der Waals surface area contributed by atoms with Gasteiger partial charge in [0.05, 0.1) is 17.2 Å². The molecule has 0 radical (unpaired) electrons. The molecule has 2 aliphatic rings. The summed E-state index contributed by atoms with van der Waals surface area (Å²) in [4.78, 5) is 19.3. The van der Waals surface area contributed by atoms with E-state index in [1.165, 1.54) is 11.8 Å². The number of benzene rings is 2. The lowest BCUT2D eigenvalue weighted by Crippen LogP contribution is -2.50. The van der Waals surface area contributed by atoms with Gasteiger partial charge in [0.1, 0.15) is 6.07 Å². The summed E-state index contributed by atoms with van der Waals surface area (Å²) in [6.45, 7) is 5.10. The second-order valence-electron chi connectivity index (χ2n) is 7.43. The quantitative estimate of drug-likeness (QED) is 0.757. The zero-order chi connectivity index (χ0) is 20.1. The van der Waals surface area contributed by atoms with E-state index in [1.807, 2.05) is 47.4 Å². The first-order chi connectivity index (χ1) is 14.2. The van der Waals surface area contributed by atoms with E-state index >= 15 is 0 Å². The first-order valence-electron chi connectivity index (χ1n) is 10.1. The van der Waals surface area contributed by atoms with Gasteiger partial charge in [0.25, 0.3) is 5.91 Å². The van der Waals surface area contributed by atoms with Gasteiger partial charge in [-0.05, 0) is 37.1 Å². The highest BCUT2D eigenvalue weighted by atomic mass is 32.2. The van der Waals surface area contributed by atoms with Crippen molar-refractivity contribution in [3.63, 3.8) is 0 Å². The van der Waals surface area contributed by atoms with Crippen molar-refractivity contribution in [2.24, 2.45) is 0 Å². The fraction of sp³-hybridized carbons (Fsp3) is 0.391. The Morgan fingerprint density at radius 2 is 1.79 bits per heavy atom. The Hall–Kier alpha value is -2.33. The van der Waals surface area contributed by atoms with Crippen LogP contribution in [-0.4, -0.2) is 61.1 Å². The van der Waals surface area contributed by atoms with Crippen LogP contribution in [0.2, 0.25) is 0 Å². The molecule has 2 heterocycles. The molecule has 0 aliphatic carbocycles. The molecule has 0 bridgehead atoms. The number of amides is 1. The van der Waals surface area contributed by atoms with Gasteiger partial charge in [-0.25, -0.2) is 0 Å². The van der Waals surface area contributed by atoms with Gasteiger partial charge in [0, 0.05) is 49.1 Å². The topological polar surface area (TPSA) is 56.6 Å². The number of carbonyl (C=O) groups excluding carboxylic acids is 1. The van der Waals surface area contributed by atoms with Crippen molar-refractivity contribution >= 4 is 17.7 Å². The molecule has 1 atom stereocenters. The molecule has 4 rings (SSSR count). The molecule has 150 valence electrons. The summed E-state index contributed by atoms with van der Waals surface area (Å²) >= 11 is 1.48. The molecule has 6 heteroatoms. The molecular weight excluding hydrogens is 382 g/mol. The molecule has 0 aromatic heterocycles. The lowest BCUT2D eigenvalue weighted by Gasteiger charge is -2.36. The van der Waals surface area contributed by atoms with Crippen LogP contribution in [0.25, 0.3) is 0 Å². The summed E-state index contributed by atoms with van der Waals surface area (Å²) in [6, 6.07) is 17.4. The van der Waals surface area contributed by atoms with Gasteiger partial charge >= 0.3 is 0 Å². The number of nitriles is 1. The van der Waals surface area contributed by atoms with Gasteiger partial charge in [0.2, 0.25) is 0 Å². The second-order valence-corrected chi connectivity index (χ2v) is 8.52. The van der Waals surface area contributed by atoms with Gasteiger partial charge in [0.15, 0.2) is 0 Å². The first-order valence-corrected chi connectivity index (χ1v) is 11.0. The maximum atomic E-state index is 13.2. The predicted octanol–water partition coefficient (Wildman–Crippen LogP) is 3.65. The third-order valence-corrected chi connectivity index (χ3v) is 6.64. The van der Waals surface area contributed by atoms with Crippen LogP contribution < -0.4 is 0 Å². The SMILES string of the molecule is N#Cc1ccccc1Sc1ccccc1C(=O)N1CCN(CC2CCCO2)CC1. The van der Waals surface area contributed by atoms with Crippen molar-refractivity contribution in [2.75, 3.05) is 39.3 Å². The number of rotatable bonds is 5. The Kier molecular flexibility index (Phi) is 6.50. The highest BCUT2D eigenvalue weighted by molar-refractivity contribution is 7.99. The standard InChI is InChI=1S/C23H25N3O2S/c24-16-18-6-1-3-9-21(18)29-22-10-4-2-8-20(22)23(27)26-13-11-25(12-14-26)17-19-7-5-15-28-19/h1-4,6,8-10,19H,5,7,11-15,17H2. The zero-order valence-corrected chi connectivity index (χ0v) is 17.2. The molecule has 5 nitrogen and oxygen atoms in total. The molecule has 1 unspecified atom stereocenters. The highest BCUT2D eigenvalue weighted by Crippen LogP contribution is 2.33. The fourth-order valence-corrected chi connectivity index (χ4v) is 4.90. The van der Waals surface area contributed by atoms with Crippen molar-refractivity contribution in [2.45, 2.75) is 28.7 Å². The maximum absolute atomic E-state index is 13.2. The fourth-order valence-electron chi connectivity index (χ4n) is 3.88. The van der Waals surface area contributed by atoms with Crippen molar-refractivity contribution in [3.8, 4) is 6.07 Å². The summed E-state index contributed by atoms with van der Waals surface area (Å²) in [6.07, 6.45) is 2.66. The Morgan fingerprint density at radius 3 is 2.52 bits per heavy atom. The number of ether oxygens (including phenoxy) is 1. The third kappa shape index (κ3) is 4.81. The lowest BCUT2D eigenvalue weighted by molar-refractivity contribution is 0.0431. The lowest BCUT2D eigenvalue weighted by atomic mass is 10.1. The average molecular weight is 408 g/mol. The summed E-state index contributed by atoms with van der Waals surface area (Å²) in [7, 11) is 0. The normalized spacial score (nSPS) is 19.8. The molecule has 1 amide bonds. The number of nitrogens with zero attached hydrogens (tertiary/aromatic N) is 3. The van der Waals surface area contributed by atoms with Crippen LogP contribution in [0.5, 0.6) is 0 Å². The van der Waals surface area contributed by atoms with Crippen molar-refractivity contribution in [3.05, 3.63) is 59.7 Å². The van der Waals surface area contributed by atoms with Gasteiger partial charge in [-0.1, -0.05) is 36.0 Å². The molecule has 2 fully saturated rings. The van der Waals surface area contributed by atoms with Crippen molar-refractivity contribution in [1.29, 1.82) is 5.26 Å². The van der Waals surface area contributed by atoms with Gasteiger partial charge in [-0.2, -0.15) is 5.26 Å². The molecule has 0 saturated carbocycles. The summed E-state index contributed by atoms with van der Waals surface area (Å²) < 4.78 is 5.74. The monoisotopic (exact) mass is 407 g/mol. The molecule has 2 aromatic carbocycles. The number of piperazine rings is 1. The van der Waals surface area contributed by atoms with Gasteiger partial charge in [-0.15, -0.1) is 0 Å². The molecule has 0 spiro atoms. The Labute approximate surface area is 176 Å². The molecular formula is C23H25N3O2S. The third-order valence-electron chi connectivity index (χ3n) is 5.49. The minimum Gasteiger partial charge on any atom is -0.377 e. The van der Waals surface area contributed by atoms with E-state index in [2.05, 4.69) is 11.0 Å². The van der Waals surface area contributed by atoms with E-state index in [4.69, 9.17) is 4.74 Å². The second kappa shape index (κ2) is 9.45. The zero-order valence-electron chi connectivity index (χ0n) is 16.4. The van der Waals surface area contributed by atoms with Crippen LogP contribution in [0.4, 0.5) is 0 Å². The Balaban J connectivity index is 1.42. The Bertz CT molecular complexity index is 897. The van der Waals surface area contributed by atoms with Crippen molar-refractivity contribution in [1.82, 2.24) is 9.80 Å². The highest BCUT2D eigenvalue weighted by Gasteiger charge is 2.26. The maximum Gasteiger partial charge on any atom is 0.255 e. The molecule has 29 heavy (non-hydrogen) atoms. The summed E-state index contributed by atoms with van der Waals surface area (Å²) in [5, 5.41) is 9.35. The van der Waals surface area contributed by atoms with E-state index in [-0.39, 0.29) is 5.91 Å². The number of hydrogen-bond acceptors (Lipinski definition) is 5. The molecule has 2 aliphatic heterocycles. The van der Waals surface area contributed by atoms with Crippen LogP contribution in [0.15, 0.2) is 58.3 Å². The van der Waals surface area contributed by atoms with E-state index in [0.29, 0.717) is 17.2 Å². The summed E-state index contributed by atoms with van der Waals surface area (Å²) in [5.41, 5.74) is 1.33. The van der Waals surface area contributed by atoms with Crippen LogP contribution >= 0.6 is 11.8 Å². The average Bonchev–Trinajstić information content (AvgIpc) is 3.28. The number of carbonyl (C=O) groups is 1. The molecule has 2 saturated heterocycles. The predicted molar refractivity (Wildman–Crippen MR) is 113 cm³/mol. The van der Waals surface area contributed by atoms with E-state index in [1.54, 1.807) is 6.07 Å². The van der Waals surface area contributed by atoms with Crippen molar-refractivity contribution < 1.29 is 9.53 Å². The largest absolute Gasteiger partial charge is 0.377 e. The minimum absolute atomic E-state index is 0.0688. The Morgan fingerprint density at radius 1 is 1.07 bits per heavy atom. The van der Waals surface area contributed by atoms with Crippen LogP contribution in [0.3, 0.4) is 0 Å². The molecule has 0 N–H and O–H groups in total. The minimum atomic E-state index is 0.0688. The summed E-state index contributed by atoms with van der Waals surface area (Å²) in [5.74, 6) is 0.0688. The van der Waals surface area contributed by atoms with Gasteiger partial charge in [-0.3, -0.25) is 9.69 Å². The smallest absolute Gasteiger partial charge is 0.255 e. The number of hydrogen-bond donors (Lipinski definition) is 0.